The molecule has 9 heteroatoms. The molecule has 4 fully saturated rings. The highest BCUT2D eigenvalue weighted by Crippen LogP contribution is 2.65. The lowest BCUT2D eigenvalue weighted by Crippen LogP contribution is -2.68. The Bertz CT molecular complexity index is 995. The van der Waals surface area contributed by atoms with E-state index in [0.717, 1.165) is 5.57 Å². The maximum atomic E-state index is 13.7. The Morgan fingerprint density at radius 3 is 2.56 bits per heavy atom. The highest BCUT2D eigenvalue weighted by molar-refractivity contribution is 6.10. The van der Waals surface area contributed by atoms with E-state index in [2.05, 4.69) is 10.2 Å². The Morgan fingerprint density at radius 2 is 1.94 bits per heavy atom. The van der Waals surface area contributed by atoms with Crippen molar-refractivity contribution >= 4 is 11.6 Å². The molecule has 1 amide bonds. The zero-order valence-electron chi connectivity index (χ0n) is 18.8. The average Bonchev–Trinajstić information content (AvgIpc) is 3.27. The number of piperidine rings is 3. The summed E-state index contributed by atoms with van der Waals surface area (Å²) in [6.45, 7) is 0.686. The van der Waals surface area contributed by atoms with Crippen molar-refractivity contribution < 1.29 is 34.0 Å². The third kappa shape index (κ3) is 2.45. The lowest BCUT2D eigenvalue weighted by molar-refractivity contribution is -0.153. The lowest BCUT2D eigenvalue weighted by atomic mass is 9.67. The second kappa shape index (κ2) is 7.34. The third-order valence-electron chi connectivity index (χ3n) is 8.05. The van der Waals surface area contributed by atoms with Crippen molar-refractivity contribution in [3.05, 3.63) is 23.3 Å². The van der Waals surface area contributed by atoms with Gasteiger partial charge < -0.3 is 34.5 Å². The minimum absolute atomic E-state index is 0.139. The maximum Gasteiger partial charge on any atom is 0.237 e. The summed E-state index contributed by atoms with van der Waals surface area (Å²) in [5.74, 6) is 1.09. The molecule has 6 rings (SSSR count). The van der Waals surface area contributed by atoms with E-state index >= 15 is 0 Å². The number of nitrogens with one attached hydrogen (secondary N) is 1. The summed E-state index contributed by atoms with van der Waals surface area (Å²) in [5.41, 5.74) is 0.0581. The van der Waals surface area contributed by atoms with E-state index in [1.165, 1.54) is 0 Å². The summed E-state index contributed by atoms with van der Waals surface area (Å²) in [5, 5.41) is 25.0. The normalized spacial score (nSPS) is 37.7. The number of methoxy groups -OCH3 is 4. The molecule has 6 atom stereocenters. The molecule has 5 aliphatic rings. The van der Waals surface area contributed by atoms with Gasteiger partial charge in [0.15, 0.2) is 11.5 Å². The Morgan fingerprint density at radius 1 is 1.19 bits per heavy atom. The van der Waals surface area contributed by atoms with Crippen molar-refractivity contribution in [1.29, 1.82) is 0 Å². The largest absolute Gasteiger partial charge is 0.494 e. The summed E-state index contributed by atoms with van der Waals surface area (Å²) in [6, 6.07) is 1.19. The number of hydrogen-bond donors (Lipinski definition) is 3. The standard InChI is InChI=1S/C23H30N2O7/c1-29-6-5-12-10-25-16-7-13(12)23(28,11-26)17(25)9-22(16)18-19(24-21(22)27)14(30-2)8-15(31-3)20(18)32-4/h5,8,13,16-17,26,28H,6-7,9-11H2,1-4H3,(H,24,27). The fourth-order valence-electron chi connectivity index (χ4n) is 6.68. The zero-order chi connectivity index (χ0) is 22.8. The predicted octanol–water partition coefficient (Wildman–Crippen LogP) is 0.675. The van der Waals surface area contributed by atoms with E-state index in [1.807, 2.05) is 6.08 Å². The number of ether oxygens (including phenoxy) is 4. The number of fused-ring (bicyclic) bond motifs is 3. The van der Waals surface area contributed by atoms with Gasteiger partial charge in [-0.3, -0.25) is 9.69 Å². The number of hydrogen-bond acceptors (Lipinski definition) is 8. The van der Waals surface area contributed by atoms with Crippen LogP contribution in [-0.2, 0) is 14.9 Å². The second-order valence-electron chi connectivity index (χ2n) is 9.07. The Labute approximate surface area is 186 Å². The molecular formula is C23H30N2O7. The van der Waals surface area contributed by atoms with Crippen molar-refractivity contribution in [3.63, 3.8) is 0 Å². The van der Waals surface area contributed by atoms with Gasteiger partial charge in [0.25, 0.3) is 0 Å². The smallest absolute Gasteiger partial charge is 0.237 e. The maximum absolute atomic E-state index is 13.7. The average molecular weight is 447 g/mol. The molecule has 1 aromatic rings. The summed E-state index contributed by atoms with van der Waals surface area (Å²) in [6.07, 6.45) is 2.89. The van der Waals surface area contributed by atoms with Gasteiger partial charge in [-0.2, -0.15) is 0 Å². The Balaban J connectivity index is 1.70. The SMILES string of the molecule is COCC=C1CN2C3CC1C(O)(CO)C2CC31C(=O)Nc2c(OC)cc(OC)c(OC)c21. The van der Waals surface area contributed by atoms with Crippen LogP contribution in [0.5, 0.6) is 17.2 Å². The minimum atomic E-state index is -1.34. The molecule has 0 saturated carbocycles. The van der Waals surface area contributed by atoms with Gasteiger partial charge in [0.2, 0.25) is 5.91 Å². The van der Waals surface area contributed by atoms with Crippen molar-refractivity contribution in [2.24, 2.45) is 5.92 Å². The number of carbonyl (C=O) groups is 1. The molecule has 0 aliphatic carbocycles. The number of aliphatic hydroxyl groups excluding tert-OH is 1. The van der Waals surface area contributed by atoms with Gasteiger partial charge in [-0.1, -0.05) is 11.6 Å². The van der Waals surface area contributed by atoms with E-state index in [4.69, 9.17) is 18.9 Å². The van der Waals surface area contributed by atoms with Crippen LogP contribution in [0.4, 0.5) is 5.69 Å². The molecule has 174 valence electrons. The molecule has 1 aromatic carbocycles. The molecule has 0 radical (unpaired) electrons. The number of nitrogens with zero attached hydrogens (tertiary/aromatic N) is 1. The molecule has 0 aromatic heterocycles. The zero-order valence-corrected chi connectivity index (χ0v) is 18.8. The van der Waals surface area contributed by atoms with E-state index in [-0.39, 0.29) is 30.5 Å². The first-order chi connectivity index (χ1) is 15.4. The van der Waals surface area contributed by atoms with Crippen molar-refractivity contribution in [2.45, 2.75) is 35.9 Å². The molecule has 4 saturated heterocycles. The fourth-order valence-corrected chi connectivity index (χ4v) is 6.68. The molecule has 1 spiro atoms. The first-order valence-electron chi connectivity index (χ1n) is 10.8. The van der Waals surface area contributed by atoms with Crippen LogP contribution in [0.25, 0.3) is 0 Å². The Kier molecular flexibility index (Phi) is 4.94. The number of carbonyl (C=O) groups excluding carboxylic acids is 1. The molecule has 32 heavy (non-hydrogen) atoms. The summed E-state index contributed by atoms with van der Waals surface area (Å²) >= 11 is 0. The van der Waals surface area contributed by atoms with Crippen LogP contribution in [-0.4, -0.2) is 86.9 Å². The van der Waals surface area contributed by atoms with Crippen LogP contribution in [0, 0.1) is 5.92 Å². The van der Waals surface area contributed by atoms with Crippen LogP contribution < -0.4 is 19.5 Å². The Hall–Kier alpha value is -2.33. The van der Waals surface area contributed by atoms with Crippen molar-refractivity contribution in [2.75, 3.05) is 53.5 Å². The van der Waals surface area contributed by atoms with E-state index < -0.39 is 11.0 Å². The molecule has 5 aliphatic heterocycles. The van der Waals surface area contributed by atoms with Gasteiger partial charge >= 0.3 is 0 Å². The molecule has 9 nitrogen and oxygen atoms in total. The van der Waals surface area contributed by atoms with Gasteiger partial charge in [0.05, 0.1) is 45.6 Å². The number of anilines is 1. The number of rotatable bonds is 6. The lowest BCUT2D eigenvalue weighted by Gasteiger charge is -2.56. The number of benzene rings is 1. The van der Waals surface area contributed by atoms with Crippen LogP contribution in [0.2, 0.25) is 0 Å². The van der Waals surface area contributed by atoms with Gasteiger partial charge in [-0.05, 0) is 12.8 Å². The second-order valence-corrected chi connectivity index (χ2v) is 9.07. The van der Waals surface area contributed by atoms with E-state index in [0.29, 0.717) is 54.5 Å². The van der Waals surface area contributed by atoms with Crippen molar-refractivity contribution in [3.8, 4) is 17.2 Å². The first-order valence-corrected chi connectivity index (χ1v) is 10.8. The highest BCUT2D eigenvalue weighted by Gasteiger charge is 2.72. The highest BCUT2D eigenvalue weighted by atomic mass is 16.5. The van der Waals surface area contributed by atoms with Crippen LogP contribution in [0.3, 0.4) is 0 Å². The predicted molar refractivity (Wildman–Crippen MR) is 115 cm³/mol. The number of aliphatic hydroxyl groups is 2. The summed E-state index contributed by atoms with van der Waals surface area (Å²) in [4.78, 5) is 15.9. The topological polar surface area (TPSA) is 110 Å². The van der Waals surface area contributed by atoms with E-state index in [1.54, 1.807) is 34.5 Å². The van der Waals surface area contributed by atoms with Gasteiger partial charge in [-0.15, -0.1) is 0 Å². The number of amides is 1. The first kappa shape index (κ1) is 21.5. The summed E-state index contributed by atoms with van der Waals surface area (Å²) < 4.78 is 22.1. The molecule has 4 bridgehead atoms. The van der Waals surface area contributed by atoms with Crippen molar-refractivity contribution in [1.82, 2.24) is 4.90 Å². The molecule has 6 unspecified atom stereocenters. The van der Waals surface area contributed by atoms with E-state index in [9.17, 15) is 15.0 Å². The quantitative estimate of drug-likeness (QED) is 0.548. The van der Waals surface area contributed by atoms with Crippen LogP contribution >= 0.6 is 0 Å². The monoisotopic (exact) mass is 446 g/mol. The molecule has 3 N–H and O–H groups in total. The van der Waals surface area contributed by atoms with Gasteiger partial charge in [0.1, 0.15) is 11.4 Å². The fraction of sp³-hybridized carbons (Fsp3) is 0.609. The van der Waals surface area contributed by atoms with Gasteiger partial charge in [0, 0.05) is 43.3 Å². The summed E-state index contributed by atoms with van der Waals surface area (Å²) in [7, 11) is 6.29. The molecular weight excluding hydrogens is 416 g/mol. The van der Waals surface area contributed by atoms with Crippen LogP contribution in [0.1, 0.15) is 18.4 Å². The molecule has 5 heterocycles. The third-order valence-corrected chi connectivity index (χ3v) is 8.05. The minimum Gasteiger partial charge on any atom is -0.494 e. The van der Waals surface area contributed by atoms with Gasteiger partial charge in [-0.25, -0.2) is 0 Å². The van der Waals surface area contributed by atoms with Crippen LogP contribution in [0.15, 0.2) is 17.7 Å².